The SMILES string of the molecule is C[C@]1(c2ccccc2)C[C@@H](c2ccccc2)C=C(c2ccccc2)S1. The quantitative estimate of drug-likeness (QED) is 0.501. The molecule has 0 N–H and O–H groups in total. The standard InChI is InChI=1S/C24H22S/c1-24(22-15-9-4-10-16-22)18-21(19-11-5-2-6-12-19)17-23(25-24)20-13-7-3-8-14-20/h2-17,21H,18H2,1H3/t21-,24+/m0/s1. The molecule has 1 aliphatic rings. The summed E-state index contributed by atoms with van der Waals surface area (Å²) in [6.07, 6.45) is 3.57. The van der Waals surface area contributed by atoms with E-state index in [-0.39, 0.29) is 4.75 Å². The molecule has 0 nitrogen and oxygen atoms in total. The molecule has 4 rings (SSSR count). The summed E-state index contributed by atoms with van der Waals surface area (Å²) in [6.45, 7) is 2.39. The lowest BCUT2D eigenvalue weighted by Gasteiger charge is -2.38. The summed E-state index contributed by atoms with van der Waals surface area (Å²) in [6, 6.07) is 32.6. The molecule has 3 aromatic rings. The van der Waals surface area contributed by atoms with Gasteiger partial charge in [0.15, 0.2) is 0 Å². The number of hydrogen-bond donors (Lipinski definition) is 0. The van der Waals surface area contributed by atoms with E-state index in [2.05, 4.69) is 104 Å². The van der Waals surface area contributed by atoms with Gasteiger partial charge in [0.1, 0.15) is 0 Å². The van der Waals surface area contributed by atoms with Crippen molar-refractivity contribution in [2.75, 3.05) is 0 Å². The molecule has 0 fully saturated rings. The molecule has 2 atom stereocenters. The summed E-state index contributed by atoms with van der Waals surface area (Å²) in [7, 11) is 0. The van der Waals surface area contributed by atoms with Crippen molar-refractivity contribution in [2.45, 2.75) is 24.0 Å². The summed E-state index contributed by atoms with van der Waals surface area (Å²) in [4.78, 5) is 1.38. The molecule has 0 saturated carbocycles. The number of hydrogen-bond acceptors (Lipinski definition) is 1. The van der Waals surface area contributed by atoms with Crippen LogP contribution in [-0.4, -0.2) is 0 Å². The first kappa shape index (κ1) is 16.2. The van der Waals surface area contributed by atoms with Crippen LogP contribution in [0.1, 0.15) is 36.0 Å². The Bertz CT molecular complexity index is 852. The van der Waals surface area contributed by atoms with Crippen LogP contribution < -0.4 is 0 Å². The second-order valence-corrected chi connectivity index (χ2v) is 8.36. The molecule has 1 heterocycles. The maximum absolute atomic E-state index is 2.46. The van der Waals surface area contributed by atoms with Gasteiger partial charge in [-0.05, 0) is 30.0 Å². The summed E-state index contributed by atoms with van der Waals surface area (Å²) < 4.78 is 0.0711. The zero-order valence-electron chi connectivity index (χ0n) is 14.4. The lowest BCUT2D eigenvalue weighted by Crippen LogP contribution is -2.23. The lowest BCUT2D eigenvalue weighted by molar-refractivity contribution is 0.577. The summed E-state index contributed by atoms with van der Waals surface area (Å²) in [5, 5.41) is 0. The molecule has 124 valence electrons. The van der Waals surface area contributed by atoms with Gasteiger partial charge in [-0.1, -0.05) is 97.1 Å². The smallest absolute Gasteiger partial charge is 0.0436 e. The monoisotopic (exact) mass is 342 g/mol. The van der Waals surface area contributed by atoms with E-state index in [1.54, 1.807) is 0 Å². The van der Waals surface area contributed by atoms with Crippen molar-refractivity contribution in [3.63, 3.8) is 0 Å². The highest BCUT2D eigenvalue weighted by atomic mass is 32.2. The molecule has 1 heteroatoms. The van der Waals surface area contributed by atoms with Gasteiger partial charge in [0.2, 0.25) is 0 Å². The van der Waals surface area contributed by atoms with Gasteiger partial charge in [0.05, 0.1) is 0 Å². The molecule has 0 saturated heterocycles. The Morgan fingerprint density at radius 3 is 1.96 bits per heavy atom. The molecule has 0 radical (unpaired) electrons. The highest BCUT2D eigenvalue weighted by molar-refractivity contribution is 8.09. The maximum atomic E-state index is 2.46. The third kappa shape index (κ3) is 3.43. The van der Waals surface area contributed by atoms with E-state index < -0.39 is 0 Å². The first-order valence-corrected chi connectivity index (χ1v) is 9.63. The minimum atomic E-state index is 0.0711. The van der Waals surface area contributed by atoms with Gasteiger partial charge in [-0.3, -0.25) is 0 Å². The molecule has 0 bridgehead atoms. The fourth-order valence-electron chi connectivity index (χ4n) is 3.62. The fraction of sp³-hybridized carbons (Fsp3) is 0.167. The molecule has 0 amide bonds. The van der Waals surface area contributed by atoms with Gasteiger partial charge in [-0.15, -0.1) is 11.8 Å². The fourth-order valence-corrected chi connectivity index (χ4v) is 5.11. The average molecular weight is 343 g/mol. The predicted octanol–water partition coefficient (Wildman–Crippen LogP) is 6.86. The van der Waals surface area contributed by atoms with Gasteiger partial charge >= 0.3 is 0 Å². The van der Waals surface area contributed by atoms with E-state index in [0.717, 1.165) is 6.42 Å². The summed E-state index contributed by atoms with van der Waals surface area (Å²) in [5.41, 5.74) is 4.12. The van der Waals surface area contributed by atoms with Crippen molar-refractivity contribution < 1.29 is 0 Å². The molecular formula is C24H22S. The highest BCUT2D eigenvalue weighted by Crippen LogP contribution is 2.54. The Kier molecular flexibility index (Phi) is 4.50. The molecule has 25 heavy (non-hydrogen) atoms. The van der Waals surface area contributed by atoms with Crippen molar-refractivity contribution in [1.29, 1.82) is 0 Å². The Morgan fingerprint density at radius 1 is 0.760 bits per heavy atom. The van der Waals surface area contributed by atoms with E-state index in [0.29, 0.717) is 5.92 Å². The van der Waals surface area contributed by atoms with Crippen LogP contribution in [0, 0.1) is 0 Å². The molecule has 0 aromatic heterocycles. The average Bonchev–Trinajstić information content (AvgIpc) is 2.70. The summed E-state index contributed by atoms with van der Waals surface area (Å²) >= 11 is 2.00. The normalized spacial score (nSPS) is 23.1. The third-order valence-electron chi connectivity index (χ3n) is 4.97. The topological polar surface area (TPSA) is 0 Å². The van der Waals surface area contributed by atoms with Crippen LogP contribution in [0.5, 0.6) is 0 Å². The Morgan fingerprint density at radius 2 is 1.32 bits per heavy atom. The van der Waals surface area contributed by atoms with Crippen LogP contribution in [0.15, 0.2) is 97.1 Å². The largest absolute Gasteiger partial charge is 0.114 e. The molecule has 3 aromatic carbocycles. The number of thioether (sulfide) groups is 1. The van der Waals surface area contributed by atoms with E-state index in [9.17, 15) is 0 Å². The van der Waals surface area contributed by atoms with Crippen molar-refractivity contribution in [1.82, 2.24) is 0 Å². The van der Waals surface area contributed by atoms with Crippen LogP contribution in [0.2, 0.25) is 0 Å². The van der Waals surface area contributed by atoms with Crippen LogP contribution in [-0.2, 0) is 4.75 Å². The zero-order chi connectivity index (χ0) is 17.1. The third-order valence-corrected chi connectivity index (χ3v) is 6.41. The Labute approximate surface area is 154 Å². The molecular weight excluding hydrogens is 320 g/mol. The van der Waals surface area contributed by atoms with Crippen molar-refractivity contribution >= 4 is 16.7 Å². The van der Waals surface area contributed by atoms with Gasteiger partial charge in [-0.2, -0.15) is 0 Å². The lowest BCUT2D eigenvalue weighted by atomic mass is 9.84. The van der Waals surface area contributed by atoms with Gasteiger partial charge in [0, 0.05) is 15.6 Å². The van der Waals surface area contributed by atoms with E-state index in [4.69, 9.17) is 0 Å². The van der Waals surface area contributed by atoms with Crippen LogP contribution in [0.4, 0.5) is 0 Å². The molecule has 1 aliphatic heterocycles. The van der Waals surface area contributed by atoms with Crippen molar-refractivity contribution in [3.05, 3.63) is 114 Å². The molecule has 0 unspecified atom stereocenters. The number of allylic oxidation sites excluding steroid dienone is 1. The van der Waals surface area contributed by atoms with E-state index in [1.165, 1.54) is 21.6 Å². The van der Waals surface area contributed by atoms with Gasteiger partial charge in [0.25, 0.3) is 0 Å². The van der Waals surface area contributed by atoms with Crippen LogP contribution in [0.3, 0.4) is 0 Å². The van der Waals surface area contributed by atoms with Crippen LogP contribution in [0.25, 0.3) is 4.91 Å². The molecule has 0 aliphatic carbocycles. The molecule has 0 spiro atoms. The van der Waals surface area contributed by atoms with E-state index in [1.807, 2.05) is 11.8 Å². The second kappa shape index (κ2) is 6.93. The first-order valence-electron chi connectivity index (χ1n) is 8.81. The summed E-state index contributed by atoms with van der Waals surface area (Å²) in [5.74, 6) is 0.433. The van der Waals surface area contributed by atoms with Gasteiger partial charge < -0.3 is 0 Å². The highest BCUT2D eigenvalue weighted by Gasteiger charge is 2.36. The van der Waals surface area contributed by atoms with Crippen LogP contribution >= 0.6 is 11.8 Å². The number of benzene rings is 3. The maximum Gasteiger partial charge on any atom is 0.0436 e. The van der Waals surface area contributed by atoms with Crippen molar-refractivity contribution in [3.8, 4) is 0 Å². The minimum Gasteiger partial charge on any atom is -0.114 e. The predicted molar refractivity (Wildman–Crippen MR) is 110 cm³/mol. The van der Waals surface area contributed by atoms with Crippen molar-refractivity contribution in [2.24, 2.45) is 0 Å². The first-order chi connectivity index (χ1) is 12.2. The Hall–Kier alpha value is -2.25. The Balaban J connectivity index is 1.79. The zero-order valence-corrected chi connectivity index (χ0v) is 15.2. The van der Waals surface area contributed by atoms with E-state index >= 15 is 0 Å². The number of rotatable bonds is 3. The minimum absolute atomic E-state index is 0.0711. The second-order valence-electron chi connectivity index (χ2n) is 6.82. The van der Waals surface area contributed by atoms with Gasteiger partial charge in [-0.25, -0.2) is 0 Å².